The first kappa shape index (κ1) is 12.2. The lowest BCUT2D eigenvalue weighted by molar-refractivity contribution is -0.132. The molecule has 0 saturated heterocycles. The van der Waals surface area contributed by atoms with E-state index in [-0.39, 0.29) is 6.10 Å². The quantitative estimate of drug-likeness (QED) is 0.511. The first-order chi connectivity index (χ1) is 6.07. The molecule has 3 nitrogen and oxygen atoms in total. The molecule has 13 heavy (non-hydrogen) atoms. The van der Waals surface area contributed by atoms with Gasteiger partial charge in [-0.25, -0.2) is 4.79 Å². The predicted molar refractivity (Wildman–Crippen MR) is 51.7 cm³/mol. The predicted octanol–water partition coefficient (Wildman–Crippen LogP) is 2.22. The molecule has 0 aromatic rings. The number of carbonyl (C=O) groups is 1. The first-order valence-electron chi connectivity index (χ1n) is 4.59. The number of aliphatic carboxylic acids is 1. The van der Waals surface area contributed by atoms with E-state index in [2.05, 4.69) is 6.92 Å². The molecule has 1 unspecified atom stereocenters. The van der Waals surface area contributed by atoms with E-state index < -0.39 is 5.97 Å². The van der Waals surface area contributed by atoms with Crippen molar-refractivity contribution in [3.8, 4) is 0 Å². The Balaban J connectivity index is 3.55. The molecule has 76 valence electrons. The van der Waals surface area contributed by atoms with Gasteiger partial charge in [0.05, 0.1) is 12.7 Å². The largest absolute Gasteiger partial charge is 0.478 e. The van der Waals surface area contributed by atoms with Crippen molar-refractivity contribution in [1.82, 2.24) is 0 Å². The van der Waals surface area contributed by atoms with Gasteiger partial charge in [-0.05, 0) is 26.7 Å². The molecule has 0 radical (unpaired) electrons. The van der Waals surface area contributed by atoms with Crippen molar-refractivity contribution < 1.29 is 14.6 Å². The Labute approximate surface area is 79.4 Å². The molecule has 0 aromatic carbocycles. The lowest BCUT2D eigenvalue weighted by Crippen LogP contribution is -2.07. The highest BCUT2D eigenvalue weighted by Crippen LogP contribution is 1.99. The smallest absolute Gasteiger partial charge is 0.330 e. The Morgan fingerprint density at radius 3 is 2.69 bits per heavy atom. The molecule has 1 N–H and O–H groups in total. The average molecular weight is 186 g/mol. The normalized spacial score (nSPS) is 14.2. The van der Waals surface area contributed by atoms with Crippen LogP contribution >= 0.6 is 0 Å². The van der Waals surface area contributed by atoms with Crippen molar-refractivity contribution in [2.45, 2.75) is 39.7 Å². The molecule has 0 aromatic heterocycles. The van der Waals surface area contributed by atoms with Gasteiger partial charge in [-0.1, -0.05) is 13.0 Å². The van der Waals surface area contributed by atoms with Gasteiger partial charge in [-0.15, -0.1) is 0 Å². The number of rotatable bonds is 6. The van der Waals surface area contributed by atoms with Crippen molar-refractivity contribution >= 4 is 5.97 Å². The minimum Gasteiger partial charge on any atom is -0.478 e. The van der Waals surface area contributed by atoms with E-state index in [1.54, 1.807) is 13.0 Å². The molecular weight excluding hydrogens is 168 g/mol. The number of hydrogen-bond acceptors (Lipinski definition) is 2. The molecule has 1 atom stereocenters. The minimum atomic E-state index is -0.858. The van der Waals surface area contributed by atoms with Crippen LogP contribution in [0.5, 0.6) is 0 Å². The summed E-state index contributed by atoms with van der Waals surface area (Å²) in [5, 5.41) is 8.53. The van der Waals surface area contributed by atoms with E-state index in [1.807, 2.05) is 6.92 Å². The highest BCUT2D eigenvalue weighted by Gasteiger charge is 1.99. The maximum atomic E-state index is 10.4. The zero-order valence-corrected chi connectivity index (χ0v) is 8.54. The highest BCUT2D eigenvalue weighted by molar-refractivity contribution is 5.85. The number of carboxylic acid groups (broad SMARTS) is 1. The Kier molecular flexibility index (Phi) is 6.24. The van der Waals surface area contributed by atoms with Crippen molar-refractivity contribution in [3.63, 3.8) is 0 Å². The fourth-order valence-corrected chi connectivity index (χ4v) is 0.750. The third kappa shape index (κ3) is 6.34. The van der Waals surface area contributed by atoms with Crippen molar-refractivity contribution in [2.24, 2.45) is 0 Å². The fourth-order valence-electron chi connectivity index (χ4n) is 0.750. The third-order valence-electron chi connectivity index (χ3n) is 1.88. The summed E-state index contributed by atoms with van der Waals surface area (Å²) in [6.07, 6.45) is 3.60. The Bertz CT molecular complexity index is 185. The molecule has 0 spiro atoms. The number of ether oxygens (including phenoxy) is 1. The van der Waals surface area contributed by atoms with Crippen LogP contribution in [0.25, 0.3) is 0 Å². The molecule has 0 aliphatic heterocycles. The molecule has 0 fully saturated rings. The second kappa shape index (κ2) is 6.66. The summed E-state index contributed by atoms with van der Waals surface area (Å²) in [6, 6.07) is 0. The lowest BCUT2D eigenvalue weighted by atomic mass is 10.2. The van der Waals surface area contributed by atoms with Crippen LogP contribution in [0.2, 0.25) is 0 Å². The minimum absolute atomic E-state index is 0.263. The van der Waals surface area contributed by atoms with Gasteiger partial charge < -0.3 is 9.84 Å². The molecule has 3 heteroatoms. The van der Waals surface area contributed by atoms with Crippen LogP contribution in [0.1, 0.15) is 33.6 Å². The Hall–Kier alpha value is -0.830. The topological polar surface area (TPSA) is 46.5 Å². The fraction of sp³-hybridized carbons (Fsp3) is 0.700. The summed E-state index contributed by atoms with van der Waals surface area (Å²) < 4.78 is 5.38. The summed E-state index contributed by atoms with van der Waals surface area (Å²) in [5.41, 5.74) is 0.382. The van der Waals surface area contributed by atoms with Crippen LogP contribution in [0.15, 0.2) is 11.6 Å². The molecule has 0 heterocycles. The summed E-state index contributed by atoms with van der Waals surface area (Å²) >= 11 is 0. The van der Waals surface area contributed by atoms with E-state index in [9.17, 15) is 4.79 Å². The molecule has 0 bridgehead atoms. The van der Waals surface area contributed by atoms with Crippen molar-refractivity contribution in [2.75, 3.05) is 6.61 Å². The van der Waals surface area contributed by atoms with E-state index in [0.29, 0.717) is 18.6 Å². The van der Waals surface area contributed by atoms with Gasteiger partial charge in [0, 0.05) is 5.57 Å². The van der Waals surface area contributed by atoms with Crippen LogP contribution in [0.4, 0.5) is 0 Å². The molecule has 0 aliphatic rings. The summed E-state index contributed by atoms with van der Waals surface area (Å²) in [7, 11) is 0. The van der Waals surface area contributed by atoms with E-state index in [4.69, 9.17) is 9.84 Å². The van der Waals surface area contributed by atoms with Gasteiger partial charge in [0.1, 0.15) is 0 Å². The molecule has 0 aliphatic carbocycles. The van der Waals surface area contributed by atoms with Gasteiger partial charge in [0.15, 0.2) is 0 Å². The van der Waals surface area contributed by atoms with Gasteiger partial charge in [-0.2, -0.15) is 0 Å². The average Bonchev–Trinajstić information content (AvgIpc) is 2.11. The summed E-state index contributed by atoms with van der Waals surface area (Å²) in [4.78, 5) is 10.4. The van der Waals surface area contributed by atoms with Gasteiger partial charge in [0.2, 0.25) is 0 Å². The van der Waals surface area contributed by atoms with Crippen molar-refractivity contribution in [1.29, 1.82) is 0 Å². The van der Waals surface area contributed by atoms with Crippen LogP contribution < -0.4 is 0 Å². The van der Waals surface area contributed by atoms with Crippen LogP contribution in [0, 0.1) is 0 Å². The highest BCUT2D eigenvalue weighted by atomic mass is 16.5. The summed E-state index contributed by atoms with van der Waals surface area (Å²) in [5.74, 6) is -0.858. The van der Waals surface area contributed by atoms with Gasteiger partial charge >= 0.3 is 5.97 Å². The second-order valence-corrected chi connectivity index (χ2v) is 3.07. The maximum Gasteiger partial charge on any atom is 0.330 e. The van der Waals surface area contributed by atoms with Crippen LogP contribution in [0.3, 0.4) is 0 Å². The monoisotopic (exact) mass is 186 g/mol. The maximum absolute atomic E-state index is 10.4. The summed E-state index contributed by atoms with van der Waals surface area (Å²) in [6.45, 7) is 6.25. The third-order valence-corrected chi connectivity index (χ3v) is 1.88. The van der Waals surface area contributed by atoms with E-state index >= 15 is 0 Å². The molecule has 0 rings (SSSR count). The van der Waals surface area contributed by atoms with Crippen LogP contribution in [-0.2, 0) is 9.53 Å². The SMILES string of the molecule is CCC(C)OCCC=C(C)C(=O)O. The molecular formula is C10H18O3. The Morgan fingerprint density at radius 2 is 2.23 bits per heavy atom. The lowest BCUT2D eigenvalue weighted by Gasteiger charge is -2.08. The van der Waals surface area contributed by atoms with Gasteiger partial charge in [-0.3, -0.25) is 0 Å². The van der Waals surface area contributed by atoms with E-state index in [0.717, 1.165) is 6.42 Å². The first-order valence-corrected chi connectivity index (χ1v) is 4.59. The number of carboxylic acids is 1. The van der Waals surface area contributed by atoms with Gasteiger partial charge in [0.25, 0.3) is 0 Å². The van der Waals surface area contributed by atoms with Crippen molar-refractivity contribution in [3.05, 3.63) is 11.6 Å². The molecule has 0 saturated carbocycles. The van der Waals surface area contributed by atoms with E-state index in [1.165, 1.54) is 0 Å². The second-order valence-electron chi connectivity index (χ2n) is 3.07. The van der Waals surface area contributed by atoms with Crippen LogP contribution in [-0.4, -0.2) is 23.8 Å². The standard InChI is InChI=1S/C10H18O3/c1-4-9(3)13-7-5-6-8(2)10(11)12/h6,9H,4-5,7H2,1-3H3,(H,11,12). The Morgan fingerprint density at radius 1 is 1.62 bits per heavy atom. The molecule has 0 amide bonds. The zero-order chi connectivity index (χ0) is 10.3. The number of hydrogen-bond donors (Lipinski definition) is 1. The zero-order valence-electron chi connectivity index (χ0n) is 8.54.